The van der Waals surface area contributed by atoms with Gasteiger partial charge < -0.3 is 14.4 Å². The van der Waals surface area contributed by atoms with Crippen molar-refractivity contribution in [2.45, 2.75) is 31.9 Å². The van der Waals surface area contributed by atoms with Crippen LogP contribution in [-0.2, 0) is 11.3 Å². The van der Waals surface area contributed by atoms with Crippen LogP contribution in [0.1, 0.15) is 25.2 Å². The zero-order valence-corrected chi connectivity index (χ0v) is 13.1. The summed E-state index contributed by atoms with van der Waals surface area (Å²) in [5.41, 5.74) is 0.860. The molecule has 0 atom stereocenters. The van der Waals surface area contributed by atoms with Gasteiger partial charge in [0.2, 0.25) is 11.7 Å². The summed E-state index contributed by atoms with van der Waals surface area (Å²) in [5, 5.41) is 12.8. The third kappa shape index (κ3) is 4.57. The monoisotopic (exact) mass is 318 g/mol. The van der Waals surface area contributed by atoms with E-state index in [1.165, 1.54) is 0 Å². The fraction of sp³-hybridized carbons (Fsp3) is 0.562. The summed E-state index contributed by atoms with van der Waals surface area (Å²) in [6.07, 6.45) is 6.44. The molecule has 0 bridgehead atoms. The number of likely N-dealkylation sites (tertiary alicyclic amines) is 1. The first-order valence-corrected chi connectivity index (χ1v) is 8.03. The molecule has 0 unspecified atom stereocenters. The van der Waals surface area contributed by atoms with Crippen LogP contribution in [0.3, 0.4) is 0 Å². The van der Waals surface area contributed by atoms with Crippen LogP contribution in [0, 0.1) is 0 Å². The van der Waals surface area contributed by atoms with E-state index in [1.807, 2.05) is 12.1 Å². The lowest BCUT2D eigenvalue weighted by Gasteiger charge is -2.30. The van der Waals surface area contributed by atoms with Gasteiger partial charge in [-0.1, -0.05) is 5.16 Å². The van der Waals surface area contributed by atoms with Gasteiger partial charge in [-0.3, -0.25) is 9.88 Å². The maximum Gasteiger partial charge on any atom is 0.241 e. The normalized spacial score (nSPS) is 16.7. The van der Waals surface area contributed by atoms with E-state index < -0.39 is 0 Å². The zero-order valence-electron chi connectivity index (χ0n) is 13.1. The largest absolute Gasteiger partial charge is 0.396 e. The molecule has 3 rings (SSSR count). The van der Waals surface area contributed by atoms with Gasteiger partial charge in [0.05, 0.1) is 12.6 Å². The number of aromatic nitrogens is 3. The van der Waals surface area contributed by atoms with Crippen molar-refractivity contribution in [3.05, 3.63) is 30.4 Å². The molecule has 0 spiro atoms. The average Bonchev–Trinajstić information content (AvgIpc) is 3.06. The molecule has 0 aliphatic carbocycles. The molecule has 7 nitrogen and oxygen atoms in total. The number of rotatable bonds is 7. The first kappa shape index (κ1) is 16.0. The van der Waals surface area contributed by atoms with Crippen LogP contribution in [0.4, 0.5) is 0 Å². The molecule has 7 heteroatoms. The van der Waals surface area contributed by atoms with Crippen LogP contribution in [0.15, 0.2) is 29.0 Å². The maximum absolute atomic E-state index is 8.77. The lowest BCUT2D eigenvalue weighted by molar-refractivity contribution is -0.000876. The third-order valence-electron chi connectivity index (χ3n) is 3.94. The molecule has 0 amide bonds. The second-order valence-corrected chi connectivity index (χ2v) is 5.68. The van der Waals surface area contributed by atoms with Gasteiger partial charge in [0.1, 0.15) is 0 Å². The van der Waals surface area contributed by atoms with Gasteiger partial charge >= 0.3 is 0 Å². The van der Waals surface area contributed by atoms with Gasteiger partial charge in [-0.2, -0.15) is 4.98 Å². The van der Waals surface area contributed by atoms with Crippen molar-refractivity contribution in [2.75, 3.05) is 26.3 Å². The summed E-state index contributed by atoms with van der Waals surface area (Å²) >= 11 is 0. The minimum Gasteiger partial charge on any atom is -0.396 e. The van der Waals surface area contributed by atoms with Gasteiger partial charge in [0.15, 0.2) is 0 Å². The Labute approximate surface area is 135 Å². The number of aliphatic hydroxyl groups is 1. The van der Waals surface area contributed by atoms with E-state index in [9.17, 15) is 0 Å². The Morgan fingerprint density at radius 3 is 2.96 bits per heavy atom. The Morgan fingerprint density at radius 2 is 2.22 bits per heavy atom. The van der Waals surface area contributed by atoms with E-state index in [1.54, 1.807) is 12.4 Å². The number of ether oxygens (including phenoxy) is 1. The fourth-order valence-electron chi connectivity index (χ4n) is 2.67. The van der Waals surface area contributed by atoms with Crippen LogP contribution < -0.4 is 0 Å². The first-order chi connectivity index (χ1) is 11.3. The van der Waals surface area contributed by atoms with E-state index in [4.69, 9.17) is 14.4 Å². The SMILES string of the molecule is OCCCOC1CCN(Cc2nc(-c3cccnc3)no2)CC1. The standard InChI is InChI=1S/C16H22N4O3/c21-9-2-10-22-14-4-7-20(8-5-14)12-15-18-16(19-23-15)13-3-1-6-17-11-13/h1,3,6,11,14,21H,2,4-5,7-10,12H2. The molecule has 2 aromatic rings. The second-order valence-electron chi connectivity index (χ2n) is 5.68. The van der Waals surface area contributed by atoms with Crippen molar-refractivity contribution in [1.29, 1.82) is 0 Å². The molecule has 23 heavy (non-hydrogen) atoms. The summed E-state index contributed by atoms with van der Waals surface area (Å²) in [7, 11) is 0. The summed E-state index contributed by atoms with van der Waals surface area (Å²) in [4.78, 5) is 10.8. The Hall–Kier alpha value is -1.83. The molecule has 2 aromatic heterocycles. The number of pyridine rings is 1. The highest BCUT2D eigenvalue weighted by molar-refractivity contribution is 5.51. The Kier molecular flexibility index (Phi) is 5.68. The molecule has 0 radical (unpaired) electrons. The van der Waals surface area contributed by atoms with Crippen molar-refractivity contribution in [3.63, 3.8) is 0 Å². The Balaban J connectivity index is 1.47. The lowest BCUT2D eigenvalue weighted by Crippen LogP contribution is -2.36. The van der Waals surface area contributed by atoms with Crippen molar-refractivity contribution in [2.24, 2.45) is 0 Å². The van der Waals surface area contributed by atoms with E-state index in [0.717, 1.165) is 31.5 Å². The topological polar surface area (TPSA) is 84.5 Å². The predicted molar refractivity (Wildman–Crippen MR) is 83.5 cm³/mol. The Bertz CT molecular complexity index is 582. The molecule has 1 aliphatic rings. The number of piperidine rings is 1. The van der Waals surface area contributed by atoms with Crippen LogP contribution in [0.2, 0.25) is 0 Å². The van der Waals surface area contributed by atoms with Crippen LogP contribution in [-0.4, -0.2) is 57.5 Å². The summed E-state index contributed by atoms with van der Waals surface area (Å²) in [5.74, 6) is 1.21. The molecule has 1 aliphatic heterocycles. The average molecular weight is 318 g/mol. The number of hydrogen-bond donors (Lipinski definition) is 1. The van der Waals surface area contributed by atoms with Crippen LogP contribution in [0.5, 0.6) is 0 Å². The molecule has 124 valence electrons. The lowest BCUT2D eigenvalue weighted by atomic mass is 10.1. The van der Waals surface area contributed by atoms with Gasteiger partial charge in [-0.05, 0) is 31.4 Å². The minimum absolute atomic E-state index is 0.190. The number of aliphatic hydroxyl groups excluding tert-OH is 1. The highest BCUT2D eigenvalue weighted by atomic mass is 16.5. The summed E-state index contributed by atoms with van der Waals surface area (Å²) < 4.78 is 11.1. The van der Waals surface area contributed by atoms with Crippen molar-refractivity contribution < 1.29 is 14.4 Å². The highest BCUT2D eigenvalue weighted by Crippen LogP contribution is 2.18. The zero-order chi connectivity index (χ0) is 15.9. The first-order valence-electron chi connectivity index (χ1n) is 8.03. The van der Waals surface area contributed by atoms with Gasteiger partial charge in [0.25, 0.3) is 0 Å². The molecular weight excluding hydrogens is 296 g/mol. The summed E-state index contributed by atoms with van der Waals surface area (Å²) in [6.45, 7) is 3.40. The number of nitrogens with zero attached hydrogens (tertiary/aromatic N) is 4. The number of hydrogen-bond acceptors (Lipinski definition) is 7. The van der Waals surface area contributed by atoms with Gasteiger partial charge in [-0.15, -0.1) is 0 Å². The van der Waals surface area contributed by atoms with Gasteiger partial charge in [-0.25, -0.2) is 0 Å². The second kappa shape index (κ2) is 8.14. The van der Waals surface area contributed by atoms with E-state index >= 15 is 0 Å². The Morgan fingerprint density at radius 1 is 1.35 bits per heavy atom. The van der Waals surface area contributed by atoms with E-state index in [2.05, 4.69) is 20.0 Å². The van der Waals surface area contributed by atoms with Crippen molar-refractivity contribution in [1.82, 2.24) is 20.0 Å². The van der Waals surface area contributed by atoms with Crippen molar-refractivity contribution >= 4 is 0 Å². The van der Waals surface area contributed by atoms with Crippen LogP contribution in [0.25, 0.3) is 11.4 Å². The molecule has 1 saturated heterocycles. The molecule has 1 N–H and O–H groups in total. The van der Waals surface area contributed by atoms with Gasteiger partial charge in [0, 0.05) is 44.3 Å². The van der Waals surface area contributed by atoms with E-state index in [0.29, 0.717) is 37.4 Å². The highest BCUT2D eigenvalue weighted by Gasteiger charge is 2.21. The maximum atomic E-state index is 8.77. The predicted octanol–water partition coefficient (Wildman–Crippen LogP) is 1.49. The molecule has 0 saturated carbocycles. The smallest absolute Gasteiger partial charge is 0.241 e. The third-order valence-corrected chi connectivity index (χ3v) is 3.94. The summed E-state index contributed by atoms with van der Waals surface area (Å²) in [6, 6.07) is 3.77. The molecule has 1 fully saturated rings. The van der Waals surface area contributed by atoms with E-state index in [-0.39, 0.29) is 6.61 Å². The molecular formula is C16H22N4O3. The quantitative estimate of drug-likeness (QED) is 0.774. The molecule has 3 heterocycles. The van der Waals surface area contributed by atoms with Crippen LogP contribution >= 0.6 is 0 Å². The molecule has 0 aromatic carbocycles. The fourth-order valence-corrected chi connectivity index (χ4v) is 2.67. The minimum atomic E-state index is 0.190. The van der Waals surface area contributed by atoms with Crippen molar-refractivity contribution in [3.8, 4) is 11.4 Å².